The van der Waals surface area contributed by atoms with Gasteiger partial charge in [-0.25, -0.2) is 0 Å². The summed E-state index contributed by atoms with van der Waals surface area (Å²) < 4.78 is 0. The molecule has 0 saturated heterocycles. The molecule has 0 amide bonds. The van der Waals surface area contributed by atoms with E-state index in [4.69, 9.17) is 0 Å². The second kappa shape index (κ2) is 2.77. The van der Waals surface area contributed by atoms with E-state index in [2.05, 4.69) is 20.4 Å². The number of hydrogen-bond donors (Lipinski definition) is 0. The van der Waals surface area contributed by atoms with Crippen molar-refractivity contribution >= 4 is 11.9 Å². The predicted molar refractivity (Wildman–Crippen MR) is 30.9 cm³/mol. The minimum absolute atomic E-state index is 0.947. The second-order valence-electron chi connectivity index (χ2n) is 1.52. The summed E-state index contributed by atoms with van der Waals surface area (Å²) >= 11 is 0. The Morgan fingerprint density at radius 3 is 1.75 bits per heavy atom. The molecule has 0 atom stereocenters. The molecule has 0 unspecified atom stereocenters. The van der Waals surface area contributed by atoms with Crippen molar-refractivity contribution in [2.45, 2.75) is 0 Å². The molecule has 0 spiro atoms. The molecule has 62 valence electrons. The molecule has 1 aromatic rings. The predicted octanol–water partition coefficient (Wildman–Crippen LogP) is -0.917. The third-order valence-electron chi connectivity index (χ3n) is 0.795. The van der Waals surface area contributed by atoms with Crippen molar-refractivity contribution in [2.75, 3.05) is 0 Å². The van der Waals surface area contributed by atoms with Crippen LogP contribution >= 0.6 is 0 Å². The van der Waals surface area contributed by atoms with Crippen molar-refractivity contribution in [1.82, 2.24) is 20.4 Å². The first-order chi connectivity index (χ1) is 5.61. The molecule has 1 heterocycles. The number of aromatic nitrogens is 4. The molecule has 0 radical (unpaired) electrons. The zero-order chi connectivity index (χ0) is 9.14. The number of hydrogen-bond acceptors (Lipinski definition) is 8. The van der Waals surface area contributed by atoms with Crippen molar-refractivity contribution in [3.05, 3.63) is 20.2 Å². The van der Waals surface area contributed by atoms with Crippen molar-refractivity contribution in [3.8, 4) is 0 Å². The SMILES string of the molecule is O=[N+]([O-])c1nnnc([N+](=O)[O-])n1. The Labute approximate surface area is 63.6 Å². The lowest BCUT2D eigenvalue weighted by atomic mass is 11.0. The Balaban J connectivity index is 3.12. The highest BCUT2D eigenvalue weighted by atomic mass is 16.6. The zero-order valence-corrected chi connectivity index (χ0v) is 5.32. The van der Waals surface area contributed by atoms with Crippen molar-refractivity contribution in [1.29, 1.82) is 0 Å². The van der Waals surface area contributed by atoms with Gasteiger partial charge in [-0.15, -0.1) is 0 Å². The molecule has 0 aliphatic rings. The van der Waals surface area contributed by atoms with Gasteiger partial charge in [0.2, 0.25) is 0 Å². The monoisotopic (exact) mass is 172 g/mol. The van der Waals surface area contributed by atoms with Crippen molar-refractivity contribution in [2.24, 2.45) is 0 Å². The lowest BCUT2D eigenvalue weighted by Crippen LogP contribution is -2.04. The van der Waals surface area contributed by atoms with Crippen molar-refractivity contribution in [3.63, 3.8) is 0 Å². The standard InChI is InChI=1S/C2N6O4/c9-7(10)1-3-2(8(11)12)5-6-4-1. The van der Waals surface area contributed by atoms with Gasteiger partial charge < -0.3 is 20.2 Å². The molecule has 10 heteroatoms. The largest absolute Gasteiger partial charge is 0.500 e. The normalized spacial score (nSPS) is 9.33. The van der Waals surface area contributed by atoms with Crippen LogP contribution in [0.2, 0.25) is 0 Å². The maximum Gasteiger partial charge on any atom is 0.500 e. The van der Waals surface area contributed by atoms with E-state index in [0.29, 0.717) is 0 Å². The van der Waals surface area contributed by atoms with Crippen LogP contribution in [0.3, 0.4) is 0 Å². The molecule has 0 fully saturated rings. The van der Waals surface area contributed by atoms with Gasteiger partial charge in [0.15, 0.2) is 0 Å². The summed E-state index contributed by atoms with van der Waals surface area (Å²) in [4.78, 5) is 20.8. The molecule has 0 aliphatic heterocycles. The van der Waals surface area contributed by atoms with Gasteiger partial charge in [-0.3, -0.25) is 0 Å². The summed E-state index contributed by atoms with van der Waals surface area (Å²) in [5.41, 5.74) is 0. The van der Waals surface area contributed by atoms with E-state index in [9.17, 15) is 20.2 Å². The van der Waals surface area contributed by atoms with Gasteiger partial charge in [0.05, 0.1) is 10.2 Å². The minimum atomic E-state index is -0.998. The van der Waals surface area contributed by atoms with Gasteiger partial charge in [-0.1, -0.05) is 0 Å². The average molecular weight is 172 g/mol. The van der Waals surface area contributed by atoms with Crippen LogP contribution in [0.25, 0.3) is 0 Å². The third kappa shape index (κ3) is 1.42. The second-order valence-corrected chi connectivity index (χ2v) is 1.52. The molecule has 1 aromatic heterocycles. The first-order valence-corrected chi connectivity index (χ1v) is 2.47. The van der Waals surface area contributed by atoms with Gasteiger partial charge in [-0.05, 0) is 9.85 Å². The zero-order valence-electron chi connectivity index (χ0n) is 5.32. The van der Waals surface area contributed by atoms with Crippen molar-refractivity contribution < 1.29 is 9.85 Å². The molecule has 10 nitrogen and oxygen atoms in total. The van der Waals surface area contributed by atoms with Crippen LogP contribution in [-0.4, -0.2) is 30.2 Å². The topological polar surface area (TPSA) is 138 Å². The Kier molecular flexibility index (Phi) is 1.81. The van der Waals surface area contributed by atoms with E-state index >= 15 is 0 Å². The van der Waals surface area contributed by atoms with Gasteiger partial charge in [0.25, 0.3) is 0 Å². The van der Waals surface area contributed by atoms with Crippen LogP contribution in [0.15, 0.2) is 0 Å². The maximum absolute atomic E-state index is 9.97. The molecular formula is C2N6O4. The summed E-state index contributed by atoms with van der Waals surface area (Å²) in [6, 6.07) is 0. The number of nitrogens with zero attached hydrogens (tertiary/aromatic N) is 6. The Hall–Kier alpha value is -2.26. The molecule has 0 saturated carbocycles. The lowest BCUT2D eigenvalue weighted by molar-refractivity contribution is -0.410. The summed E-state index contributed by atoms with van der Waals surface area (Å²) in [7, 11) is 0. The molecule has 0 aliphatic carbocycles. The summed E-state index contributed by atoms with van der Waals surface area (Å²) in [6.07, 6.45) is 0. The highest BCUT2D eigenvalue weighted by molar-refractivity contribution is 5.07. The Morgan fingerprint density at radius 1 is 1.00 bits per heavy atom. The van der Waals surface area contributed by atoms with Crippen LogP contribution in [0.5, 0.6) is 0 Å². The van der Waals surface area contributed by atoms with E-state index in [0.717, 1.165) is 0 Å². The van der Waals surface area contributed by atoms with E-state index in [-0.39, 0.29) is 0 Å². The smallest absolute Gasteiger partial charge is 0.390 e. The van der Waals surface area contributed by atoms with Gasteiger partial charge >= 0.3 is 11.9 Å². The van der Waals surface area contributed by atoms with Crippen LogP contribution < -0.4 is 0 Å². The maximum atomic E-state index is 9.97. The van der Waals surface area contributed by atoms with E-state index in [1.807, 2.05) is 0 Å². The summed E-state index contributed by atoms with van der Waals surface area (Å²) in [6.45, 7) is 0. The van der Waals surface area contributed by atoms with E-state index < -0.39 is 21.7 Å². The molecule has 12 heavy (non-hydrogen) atoms. The summed E-state index contributed by atoms with van der Waals surface area (Å²) in [5, 5.41) is 28.4. The van der Waals surface area contributed by atoms with Crippen LogP contribution in [-0.2, 0) is 0 Å². The van der Waals surface area contributed by atoms with Gasteiger partial charge in [0.1, 0.15) is 5.21 Å². The van der Waals surface area contributed by atoms with Gasteiger partial charge in [0, 0.05) is 4.98 Å². The van der Waals surface area contributed by atoms with Crippen LogP contribution in [0.4, 0.5) is 11.9 Å². The quantitative estimate of drug-likeness (QED) is 0.412. The Morgan fingerprint density at radius 2 is 1.42 bits per heavy atom. The van der Waals surface area contributed by atoms with Gasteiger partial charge in [-0.2, -0.15) is 0 Å². The molecule has 0 aromatic carbocycles. The Bertz CT molecular complexity index is 307. The lowest BCUT2D eigenvalue weighted by Gasteiger charge is -1.89. The fourth-order valence-electron chi connectivity index (χ4n) is 0.391. The highest BCUT2D eigenvalue weighted by Crippen LogP contribution is 2.03. The molecule has 0 bridgehead atoms. The average Bonchev–Trinajstić information content (AvgIpc) is 2.04. The van der Waals surface area contributed by atoms with E-state index in [1.54, 1.807) is 0 Å². The van der Waals surface area contributed by atoms with E-state index in [1.165, 1.54) is 0 Å². The third-order valence-corrected chi connectivity index (χ3v) is 0.795. The fraction of sp³-hybridized carbons (Fsp3) is 0. The fourth-order valence-corrected chi connectivity index (χ4v) is 0.391. The first kappa shape index (κ1) is 7.84. The summed E-state index contributed by atoms with van der Waals surface area (Å²) in [5.74, 6) is -1.89. The van der Waals surface area contributed by atoms with Crippen LogP contribution in [0, 0.1) is 20.2 Å². The first-order valence-electron chi connectivity index (χ1n) is 2.47. The van der Waals surface area contributed by atoms with Crippen LogP contribution in [0.1, 0.15) is 0 Å². The minimum Gasteiger partial charge on any atom is -0.390 e. The molecule has 0 N–H and O–H groups in total. The molecular weight excluding hydrogens is 172 g/mol. The highest BCUT2D eigenvalue weighted by Gasteiger charge is 2.19. The molecule has 1 rings (SSSR count). The number of nitro groups is 2. The number of rotatable bonds is 2.